The molecule has 1 aromatic heterocycles. The number of amides is 1. The van der Waals surface area contributed by atoms with Gasteiger partial charge in [0.05, 0.1) is 0 Å². The Morgan fingerprint density at radius 2 is 2.05 bits per heavy atom. The van der Waals surface area contributed by atoms with Crippen molar-refractivity contribution >= 4 is 18.3 Å². The summed E-state index contributed by atoms with van der Waals surface area (Å²) in [6.45, 7) is 2.18. The Hall–Kier alpha value is -1.54. The molecule has 1 unspecified atom stereocenters. The fourth-order valence-electron chi connectivity index (χ4n) is 1.78. The van der Waals surface area contributed by atoms with E-state index in [1.54, 1.807) is 4.98 Å². The number of halogens is 4. The van der Waals surface area contributed by atoms with Crippen molar-refractivity contribution in [2.24, 2.45) is 5.73 Å². The van der Waals surface area contributed by atoms with E-state index in [4.69, 9.17) is 5.73 Å². The third kappa shape index (κ3) is 5.69. The van der Waals surface area contributed by atoms with Gasteiger partial charge in [-0.1, -0.05) is 19.8 Å². The van der Waals surface area contributed by atoms with Crippen LogP contribution in [-0.4, -0.2) is 23.5 Å². The van der Waals surface area contributed by atoms with Crippen LogP contribution >= 0.6 is 12.4 Å². The molecule has 0 saturated heterocycles. The highest BCUT2D eigenvalue weighted by molar-refractivity contribution is 5.94. The molecule has 9 heteroatoms. The molecule has 1 heterocycles. The highest BCUT2D eigenvalue weighted by Gasteiger charge is 2.32. The van der Waals surface area contributed by atoms with Crippen molar-refractivity contribution in [3.63, 3.8) is 0 Å². The highest BCUT2D eigenvalue weighted by Crippen LogP contribution is 2.26. The molecule has 0 bridgehead atoms. The minimum Gasteiger partial charge on any atom is -0.348 e. The zero-order chi connectivity index (χ0) is 16.0. The fraction of sp³-hybridized carbons (Fsp3) is 0.538. The number of carbonyl (C=O) groups excluding carboxylic acids is 1. The van der Waals surface area contributed by atoms with Crippen molar-refractivity contribution in [3.05, 3.63) is 33.7 Å². The predicted octanol–water partition coefficient (Wildman–Crippen LogP) is 2.06. The first kappa shape index (κ1) is 20.5. The van der Waals surface area contributed by atoms with Gasteiger partial charge < -0.3 is 16.0 Å². The van der Waals surface area contributed by atoms with Gasteiger partial charge in [0.1, 0.15) is 11.3 Å². The maximum atomic E-state index is 12.4. The molecule has 0 radical (unpaired) electrons. The smallest absolute Gasteiger partial charge is 0.348 e. The number of carbonyl (C=O) groups is 1. The topological polar surface area (TPSA) is 88.0 Å². The summed E-state index contributed by atoms with van der Waals surface area (Å²) in [5, 5.41) is 2.55. The van der Waals surface area contributed by atoms with Gasteiger partial charge in [-0.3, -0.25) is 9.59 Å². The first-order valence-corrected chi connectivity index (χ1v) is 6.61. The summed E-state index contributed by atoms with van der Waals surface area (Å²) in [7, 11) is 0. The van der Waals surface area contributed by atoms with Gasteiger partial charge in [0.2, 0.25) is 0 Å². The lowest BCUT2D eigenvalue weighted by molar-refractivity contribution is -0.141. The molecule has 0 aliphatic heterocycles. The number of hydrogen-bond acceptors (Lipinski definition) is 3. The number of unbranched alkanes of at least 4 members (excludes halogenated alkanes) is 1. The average Bonchev–Trinajstić information content (AvgIpc) is 2.41. The zero-order valence-corrected chi connectivity index (χ0v) is 12.8. The van der Waals surface area contributed by atoms with Crippen LogP contribution in [0.3, 0.4) is 0 Å². The van der Waals surface area contributed by atoms with Gasteiger partial charge in [0, 0.05) is 12.6 Å². The third-order valence-electron chi connectivity index (χ3n) is 2.99. The average molecular weight is 342 g/mol. The van der Waals surface area contributed by atoms with Crippen LogP contribution in [0.25, 0.3) is 0 Å². The number of hydrogen-bond donors (Lipinski definition) is 3. The number of aromatic amines is 1. The molecular formula is C13H19ClF3N3O2. The molecule has 1 rings (SSSR count). The lowest BCUT2D eigenvalue weighted by Crippen LogP contribution is -2.42. The second kappa shape index (κ2) is 8.79. The summed E-state index contributed by atoms with van der Waals surface area (Å²) in [5.41, 5.74) is 2.88. The van der Waals surface area contributed by atoms with E-state index < -0.39 is 23.3 Å². The van der Waals surface area contributed by atoms with Crippen molar-refractivity contribution in [3.8, 4) is 0 Å². The summed E-state index contributed by atoms with van der Waals surface area (Å²) < 4.78 is 37.3. The molecule has 22 heavy (non-hydrogen) atoms. The molecule has 1 atom stereocenters. The molecule has 0 spiro atoms. The number of alkyl halides is 3. The van der Waals surface area contributed by atoms with E-state index in [9.17, 15) is 22.8 Å². The van der Waals surface area contributed by atoms with E-state index in [-0.39, 0.29) is 30.6 Å². The maximum Gasteiger partial charge on any atom is 0.431 e. The highest BCUT2D eigenvalue weighted by atomic mass is 35.5. The van der Waals surface area contributed by atoms with Gasteiger partial charge in [0.25, 0.3) is 11.5 Å². The second-order valence-electron chi connectivity index (χ2n) is 4.66. The lowest BCUT2D eigenvalue weighted by Gasteiger charge is -2.16. The fourth-order valence-corrected chi connectivity index (χ4v) is 1.78. The molecule has 0 aliphatic carbocycles. The van der Waals surface area contributed by atoms with Crippen LogP contribution in [0.5, 0.6) is 0 Å². The number of nitrogens with one attached hydrogen (secondary N) is 2. The first-order chi connectivity index (χ1) is 9.79. The molecule has 1 amide bonds. The van der Waals surface area contributed by atoms with Gasteiger partial charge in [-0.25, -0.2) is 0 Å². The Bertz CT molecular complexity index is 546. The maximum absolute atomic E-state index is 12.4. The zero-order valence-electron chi connectivity index (χ0n) is 12.0. The quantitative estimate of drug-likeness (QED) is 0.740. The Morgan fingerprint density at radius 3 is 2.50 bits per heavy atom. The standard InChI is InChI=1S/C13H18F3N3O2.ClH/c1-2-3-4-8(7-17)18-11(20)9-5-6-10(13(14,15)16)19-12(9)21;/h5-6,8H,2-4,7,17H2,1H3,(H,18,20)(H,19,21);1H. The molecule has 0 aliphatic rings. The number of H-pyrrole nitrogens is 1. The third-order valence-corrected chi connectivity index (χ3v) is 2.99. The summed E-state index contributed by atoms with van der Waals surface area (Å²) in [6, 6.07) is 1.23. The van der Waals surface area contributed by atoms with Crippen LogP contribution in [0.2, 0.25) is 0 Å². The molecule has 0 fully saturated rings. The molecule has 126 valence electrons. The number of rotatable bonds is 6. The number of aromatic nitrogens is 1. The van der Waals surface area contributed by atoms with Crippen LogP contribution in [0.1, 0.15) is 42.2 Å². The van der Waals surface area contributed by atoms with E-state index in [1.165, 1.54) is 0 Å². The minimum atomic E-state index is -4.66. The Balaban J connectivity index is 0.00000441. The normalized spacial score (nSPS) is 12.4. The molecule has 4 N–H and O–H groups in total. The van der Waals surface area contributed by atoms with Crippen molar-refractivity contribution < 1.29 is 18.0 Å². The first-order valence-electron chi connectivity index (χ1n) is 6.61. The number of nitrogens with two attached hydrogens (primary N) is 1. The molecule has 0 aromatic carbocycles. The Kier molecular flexibility index (Phi) is 8.18. The van der Waals surface area contributed by atoms with E-state index in [0.717, 1.165) is 18.9 Å². The molecule has 0 saturated carbocycles. The van der Waals surface area contributed by atoms with Crippen LogP contribution in [0.15, 0.2) is 16.9 Å². The predicted molar refractivity (Wildman–Crippen MR) is 79.1 cm³/mol. The van der Waals surface area contributed by atoms with Crippen molar-refractivity contribution in [1.29, 1.82) is 0 Å². The molecular weight excluding hydrogens is 323 g/mol. The van der Waals surface area contributed by atoms with Crippen molar-refractivity contribution in [2.75, 3.05) is 6.54 Å². The van der Waals surface area contributed by atoms with Gasteiger partial charge in [0.15, 0.2) is 0 Å². The summed E-state index contributed by atoms with van der Waals surface area (Å²) in [4.78, 5) is 25.1. The lowest BCUT2D eigenvalue weighted by atomic mass is 10.1. The van der Waals surface area contributed by atoms with Crippen molar-refractivity contribution in [1.82, 2.24) is 10.3 Å². The summed E-state index contributed by atoms with van der Waals surface area (Å²) in [6.07, 6.45) is -2.23. The molecule has 5 nitrogen and oxygen atoms in total. The van der Waals surface area contributed by atoms with Crippen molar-refractivity contribution in [2.45, 2.75) is 38.4 Å². The Labute approximate surface area is 131 Å². The summed E-state index contributed by atoms with van der Waals surface area (Å²) in [5.74, 6) is -0.725. The summed E-state index contributed by atoms with van der Waals surface area (Å²) >= 11 is 0. The molecule has 1 aromatic rings. The van der Waals surface area contributed by atoms with Crippen LogP contribution < -0.4 is 16.6 Å². The van der Waals surface area contributed by atoms with Gasteiger partial charge in [-0.05, 0) is 18.6 Å². The SMILES string of the molecule is CCCCC(CN)NC(=O)c1ccc(C(F)(F)F)[nH]c1=O.Cl. The number of pyridine rings is 1. The second-order valence-corrected chi connectivity index (χ2v) is 4.66. The van der Waals surface area contributed by atoms with E-state index in [1.807, 2.05) is 6.92 Å². The van der Waals surface area contributed by atoms with Crippen LogP contribution in [-0.2, 0) is 6.18 Å². The van der Waals surface area contributed by atoms with Gasteiger partial charge >= 0.3 is 6.18 Å². The monoisotopic (exact) mass is 341 g/mol. The van der Waals surface area contributed by atoms with Gasteiger partial charge in [-0.2, -0.15) is 13.2 Å². The van der Waals surface area contributed by atoms with Gasteiger partial charge in [-0.15, -0.1) is 12.4 Å². The Morgan fingerprint density at radius 1 is 1.41 bits per heavy atom. The largest absolute Gasteiger partial charge is 0.431 e. The van der Waals surface area contributed by atoms with Crippen LogP contribution in [0.4, 0.5) is 13.2 Å². The van der Waals surface area contributed by atoms with E-state index in [2.05, 4.69) is 5.32 Å². The minimum absolute atomic E-state index is 0. The van der Waals surface area contributed by atoms with E-state index in [0.29, 0.717) is 12.5 Å². The van der Waals surface area contributed by atoms with Crippen LogP contribution in [0, 0.1) is 0 Å². The van der Waals surface area contributed by atoms with E-state index >= 15 is 0 Å².